The lowest BCUT2D eigenvalue weighted by atomic mass is 10.2. The number of furan rings is 1. The van der Waals surface area contributed by atoms with E-state index in [9.17, 15) is 13.2 Å². The van der Waals surface area contributed by atoms with Crippen LogP contribution in [0.3, 0.4) is 0 Å². The van der Waals surface area contributed by atoms with Gasteiger partial charge in [0.25, 0.3) is 15.9 Å². The fraction of sp³-hybridized carbons (Fsp3) is 0.111. The molecular formula is C27H23N3O6S2. The Hall–Kier alpha value is -4.35. The molecule has 3 aromatic carbocycles. The number of amides is 1. The Labute approximate surface area is 223 Å². The molecule has 0 fully saturated rings. The molecule has 1 N–H and O–H groups in total. The minimum absolute atomic E-state index is 0.0931. The number of anilines is 2. The van der Waals surface area contributed by atoms with Gasteiger partial charge in [0.05, 0.1) is 42.1 Å². The van der Waals surface area contributed by atoms with Crippen LogP contribution in [0, 0.1) is 0 Å². The van der Waals surface area contributed by atoms with Gasteiger partial charge in [0.15, 0.2) is 5.13 Å². The Morgan fingerprint density at radius 1 is 0.974 bits per heavy atom. The van der Waals surface area contributed by atoms with Gasteiger partial charge in [0.1, 0.15) is 17.3 Å². The summed E-state index contributed by atoms with van der Waals surface area (Å²) in [5.41, 5.74) is 1.40. The normalized spacial score (nSPS) is 11.3. The smallest absolute Gasteiger partial charge is 0.261 e. The molecule has 0 radical (unpaired) electrons. The van der Waals surface area contributed by atoms with E-state index in [1.165, 1.54) is 35.5 Å². The van der Waals surface area contributed by atoms with Crippen LogP contribution in [-0.4, -0.2) is 33.5 Å². The van der Waals surface area contributed by atoms with Crippen molar-refractivity contribution in [2.24, 2.45) is 0 Å². The van der Waals surface area contributed by atoms with Crippen LogP contribution >= 0.6 is 11.3 Å². The Bertz CT molecular complexity index is 1660. The number of nitrogens with one attached hydrogen (secondary N) is 1. The molecule has 11 heteroatoms. The van der Waals surface area contributed by atoms with Crippen LogP contribution < -0.4 is 19.1 Å². The molecule has 0 aliphatic heterocycles. The van der Waals surface area contributed by atoms with Gasteiger partial charge in [0, 0.05) is 17.3 Å². The molecule has 1 amide bonds. The second-order valence-corrected chi connectivity index (χ2v) is 10.9. The van der Waals surface area contributed by atoms with Crippen LogP contribution in [0.5, 0.6) is 11.5 Å². The van der Waals surface area contributed by atoms with E-state index < -0.39 is 10.0 Å². The number of nitrogens with zero attached hydrogens (tertiary/aromatic N) is 2. The SMILES string of the molecule is COc1ccc(S(=O)(=O)Nc2ccc(C(=O)N(Cc3ccco3)c3nc4cc(OC)ccc4s3)cc2)cc1. The van der Waals surface area contributed by atoms with Crippen molar-refractivity contribution in [1.82, 2.24) is 4.98 Å². The predicted octanol–water partition coefficient (Wildman–Crippen LogP) is 5.55. The summed E-state index contributed by atoms with van der Waals surface area (Å²) in [5.74, 6) is 1.51. The molecule has 38 heavy (non-hydrogen) atoms. The van der Waals surface area contributed by atoms with Crippen molar-refractivity contribution in [3.63, 3.8) is 0 Å². The molecule has 0 aliphatic carbocycles. The van der Waals surface area contributed by atoms with Crippen LogP contribution in [-0.2, 0) is 16.6 Å². The lowest BCUT2D eigenvalue weighted by molar-refractivity contribution is 0.0983. The van der Waals surface area contributed by atoms with Gasteiger partial charge >= 0.3 is 0 Å². The summed E-state index contributed by atoms with van der Waals surface area (Å²) in [5, 5.41) is 0.499. The van der Waals surface area contributed by atoms with Crippen molar-refractivity contribution in [3.8, 4) is 11.5 Å². The average Bonchev–Trinajstić information content (AvgIpc) is 3.61. The van der Waals surface area contributed by atoms with Crippen molar-refractivity contribution in [3.05, 3.63) is 96.4 Å². The van der Waals surface area contributed by atoms with E-state index in [1.54, 1.807) is 61.9 Å². The maximum Gasteiger partial charge on any atom is 0.261 e. The molecule has 0 aliphatic rings. The number of carbonyl (C=O) groups is 1. The van der Waals surface area contributed by atoms with Gasteiger partial charge in [-0.1, -0.05) is 11.3 Å². The number of hydrogen-bond acceptors (Lipinski definition) is 8. The summed E-state index contributed by atoms with van der Waals surface area (Å²) in [7, 11) is -0.724. The largest absolute Gasteiger partial charge is 0.497 e. The fourth-order valence-corrected chi connectivity index (χ4v) is 5.73. The Morgan fingerprint density at radius 3 is 2.34 bits per heavy atom. The first-order chi connectivity index (χ1) is 18.4. The number of hydrogen-bond donors (Lipinski definition) is 1. The highest BCUT2D eigenvalue weighted by Gasteiger charge is 2.23. The lowest BCUT2D eigenvalue weighted by Gasteiger charge is -2.19. The second-order valence-electron chi connectivity index (χ2n) is 8.16. The summed E-state index contributed by atoms with van der Waals surface area (Å²) >= 11 is 1.38. The van der Waals surface area contributed by atoms with Crippen molar-refractivity contribution < 1.29 is 27.1 Å². The number of fused-ring (bicyclic) bond motifs is 1. The quantitative estimate of drug-likeness (QED) is 0.256. The van der Waals surface area contributed by atoms with E-state index in [0.717, 1.165) is 4.70 Å². The fourth-order valence-electron chi connectivity index (χ4n) is 3.73. The van der Waals surface area contributed by atoms with E-state index in [-0.39, 0.29) is 17.3 Å². The van der Waals surface area contributed by atoms with Crippen LogP contribution in [0.2, 0.25) is 0 Å². The van der Waals surface area contributed by atoms with Crippen molar-refractivity contribution in [2.45, 2.75) is 11.4 Å². The van der Waals surface area contributed by atoms with Crippen LogP contribution in [0.4, 0.5) is 10.8 Å². The highest BCUT2D eigenvalue weighted by molar-refractivity contribution is 7.92. The number of ether oxygens (including phenoxy) is 2. The molecule has 0 saturated carbocycles. The molecule has 194 valence electrons. The maximum atomic E-state index is 13.6. The number of rotatable bonds is 9. The van der Waals surface area contributed by atoms with Gasteiger partial charge in [0.2, 0.25) is 0 Å². The number of sulfonamides is 1. The highest BCUT2D eigenvalue weighted by atomic mass is 32.2. The molecule has 0 bridgehead atoms. The third-order valence-corrected chi connectivity index (χ3v) is 8.16. The van der Waals surface area contributed by atoms with Gasteiger partial charge in [-0.15, -0.1) is 0 Å². The maximum absolute atomic E-state index is 13.6. The predicted molar refractivity (Wildman–Crippen MR) is 146 cm³/mol. The first-order valence-electron chi connectivity index (χ1n) is 11.4. The molecule has 2 aromatic heterocycles. The Balaban J connectivity index is 1.40. The highest BCUT2D eigenvalue weighted by Crippen LogP contribution is 2.33. The summed E-state index contributed by atoms with van der Waals surface area (Å²) in [4.78, 5) is 19.9. The van der Waals surface area contributed by atoms with E-state index in [0.29, 0.717) is 39.2 Å². The monoisotopic (exact) mass is 549 g/mol. The summed E-state index contributed by atoms with van der Waals surface area (Å²) in [6, 6.07) is 21.4. The van der Waals surface area contributed by atoms with Crippen molar-refractivity contribution >= 4 is 48.3 Å². The molecule has 5 rings (SSSR count). The van der Waals surface area contributed by atoms with Gasteiger partial charge in [-0.05, 0) is 72.8 Å². The molecule has 0 unspecified atom stereocenters. The zero-order valence-electron chi connectivity index (χ0n) is 20.5. The number of carbonyl (C=O) groups excluding carboxylic acids is 1. The zero-order valence-corrected chi connectivity index (χ0v) is 22.1. The van der Waals surface area contributed by atoms with E-state index in [2.05, 4.69) is 9.71 Å². The minimum Gasteiger partial charge on any atom is -0.497 e. The van der Waals surface area contributed by atoms with Gasteiger partial charge < -0.3 is 13.9 Å². The number of aromatic nitrogens is 1. The molecule has 9 nitrogen and oxygen atoms in total. The average molecular weight is 550 g/mol. The topological polar surface area (TPSA) is 111 Å². The van der Waals surface area contributed by atoms with Gasteiger partial charge in [-0.2, -0.15) is 0 Å². The second kappa shape index (κ2) is 10.6. The number of methoxy groups -OCH3 is 2. The molecule has 0 saturated heterocycles. The lowest BCUT2D eigenvalue weighted by Crippen LogP contribution is -2.30. The van der Waals surface area contributed by atoms with Gasteiger partial charge in [-0.25, -0.2) is 13.4 Å². The Morgan fingerprint density at radius 2 is 1.68 bits per heavy atom. The third-order valence-electron chi connectivity index (χ3n) is 5.71. The Kier molecular flexibility index (Phi) is 7.03. The van der Waals surface area contributed by atoms with E-state index >= 15 is 0 Å². The minimum atomic E-state index is -3.82. The number of thiazole rings is 1. The van der Waals surface area contributed by atoms with Crippen molar-refractivity contribution in [1.29, 1.82) is 0 Å². The molecule has 2 heterocycles. The summed E-state index contributed by atoms with van der Waals surface area (Å²) in [6.07, 6.45) is 1.55. The first-order valence-corrected chi connectivity index (χ1v) is 13.7. The molecule has 5 aromatic rings. The summed E-state index contributed by atoms with van der Waals surface area (Å²) < 4.78 is 44.8. The molecule has 0 atom stereocenters. The third kappa shape index (κ3) is 5.34. The van der Waals surface area contributed by atoms with Crippen LogP contribution in [0.25, 0.3) is 10.2 Å². The van der Waals surface area contributed by atoms with Crippen LogP contribution in [0.15, 0.2) is 94.4 Å². The zero-order chi connectivity index (χ0) is 26.7. The molecule has 0 spiro atoms. The molecular weight excluding hydrogens is 526 g/mol. The van der Waals surface area contributed by atoms with Gasteiger partial charge in [-0.3, -0.25) is 14.4 Å². The first kappa shape index (κ1) is 25.3. The standard InChI is InChI=1S/C27H23N3O6S2/c1-34-20-9-12-23(13-10-20)38(32,33)29-19-7-5-18(6-8-19)26(31)30(17-22-4-3-15-36-22)27-28-24-16-21(35-2)11-14-25(24)37-27/h3-16,29H,17H2,1-2H3. The number of benzene rings is 3. The van der Waals surface area contributed by atoms with E-state index in [4.69, 9.17) is 13.9 Å². The van der Waals surface area contributed by atoms with Crippen LogP contribution in [0.1, 0.15) is 16.1 Å². The summed E-state index contributed by atoms with van der Waals surface area (Å²) in [6.45, 7) is 0.175. The van der Waals surface area contributed by atoms with E-state index in [1.807, 2.05) is 18.2 Å². The van der Waals surface area contributed by atoms with Crippen molar-refractivity contribution in [2.75, 3.05) is 23.8 Å².